The molecule has 1 saturated heterocycles. The lowest BCUT2D eigenvalue weighted by atomic mass is 10.2. The number of aryl methyl sites for hydroxylation is 1. The first-order chi connectivity index (χ1) is 14.2. The zero-order chi connectivity index (χ0) is 20.1. The summed E-state index contributed by atoms with van der Waals surface area (Å²) in [6.45, 7) is 5.95. The van der Waals surface area contributed by atoms with Gasteiger partial charge in [-0.2, -0.15) is 0 Å². The molecule has 6 heteroatoms. The molecular formula is C23H25N3O2S. The van der Waals surface area contributed by atoms with Crippen LogP contribution in [0.4, 0.5) is 0 Å². The van der Waals surface area contributed by atoms with Gasteiger partial charge in [0.15, 0.2) is 0 Å². The molecule has 0 bridgehead atoms. The molecule has 0 aliphatic carbocycles. The van der Waals surface area contributed by atoms with Gasteiger partial charge in [0.2, 0.25) is 11.8 Å². The summed E-state index contributed by atoms with van der Waals surface area (Å²) in [7, 11) is 0. The lowest BCUT2D eigenvalue weighted by molar-refractivity contribution is -0.130. The van der Waals surface area contributed by atoms with Crippen LogP contribution in [-0.2, 0) is 11.3 Å². The van der Waals surface area contributed by atoms with Crippen LogP contribution in [0.3, 0.4) is 0 Å². The van der Waals surface area contributed by atoms with E-state index in [1.165, 1.54) is 0 Å². The van der Waals surface area contributed by atoms with Crippen molar-refractivity contribution in [1.82, 2.24) is 14.8 Å². The number of thioether (sulfide) groups is 1. The van der Waals surface area contributed by atoms with Gasteiger partial charge in [-0.05, 0) is 31.2 Å². The van der Waals surface area contributed by atoms with Crippen LogP contribution in [-0.4, -0.2) is 52.6 Å². The summed E-state index contributed by atoms with van der Waals surface area (Å²) in [5.74, 6) is 2.24. The summed E-state index contributed by atoms with van der Waals surface area (Å²) in [5, 5.41) is 0. The molecule has 0 saturated carbocycles. The molecule has 5 nitrogen and oxygen atoms in total. The van der Waals surface area contributed by atoms with Crippen LogP contribution in [0, 0.1) is 6.92 Å². The molecule has 150 valence electrons. The Bertz CT molecular complexity index is 935. The van der Waals surface area contributed by atoms with Crippen LogP contribution in [0.15, 0.2) is 70.0 Å². The summed E-state index contributed by atoms with van der Waals surface area (Å²) >= 11 is 1.60. The van der Waals surface area contributed by atoms with Crippen molar-refractivity contribution in [2.75, 3.05) is 31.9 Å². The van der Waals surface area contributed by atoms with Crippen molar-refractivity contribution in [3.8, 4) is 11.5 Å². The van der Waals surface area contributed by atoms with E-state index in [0.717, 1.165) is 54.6 Å². The molecule has 1 aliphatic heterocycles. The average molecular weight is 408 g/mol. The monoisotopic (exact) mass is 407 g/mol. The molecule has 2 aromatic carbocycles. The van der Waals surface area contributed by atoms with E-state index in [1.54, 1.807) is 11.8 Å². The van der Waals surface area contributed by atoms with E-state index >= 15 is 0 Å². The van der Waals surface area contributed by atoms with Gasteiger partial charge in [0.05, 0.1) is 11.4 Å². The highest BCUT2D eigenvalue weighted by molar-refractivity contribution is 8.00. The van der Waals surface area contributed by atoms with Gasteiger partial charge < -0.3 is 9.32 Å². The minimum absolute atomic E-state index is 0.211. The zero-order valence-corrected chi connectivity index (χ0v) is 17.4. The Morgan fingerprint density at radius 1 is 1.00 bits per heavy atom. The predicted octanol–water partition coefficient (Wildman–Crippen LogP) is 4.09. The number of rotatable bonds is 6. The molecule has 1 amide bonds. The molecule has 0 atom stereocenters. The minimum Gasteiger partial charge on any atom is -0.441 e. The van der Waals surface area contributed by atoms with Gasteiger partial charge >= 0.3 is 0 Å². The quantitative estimate of drug-likeness (QED) is 0.576. The van der Waals surface area contributed by atoms with E-state index in [0.29, 0.717) is 11.6 Å². The average Bonchev–Trinajstić information content (AvgIpc) is 3.14. The van der Waals surface area contributed by atoms with Gasteiger partial charge in [-0.25, -0.2) is 4.98 Å². The van der Waals surface area contributed by atoms with E-state index in [4.69, 9.17) is 9.40 Å². The van der Waals surface area contributed by atoms with Crippen molar-refractivity contribution in [3.63, 3.8) is 0 Å². The third kappa shape index (κ3) is 5.08. The SMILES string of the molecule is Cc1oc(-c2ccccc2)nc1CN1CCN(C(=O)CSc2ccccc2)CC1. The number of benzene rings is 2. The maximum atomic E-state index is 12.5. The van der Waals surface area contributed by atoms with Gasteiger partial charge in [0, 0.05) is 43.2 Å². The molecular weight excluding hydrogens is 382 g/mol. The molecule has 0 radical (unpaired) electrons. The summed E-state index contributed by atoms with van der Waals surface area (Å²) in [4.78, 5) is 22.7. The first kappa shape index (κ1) is 19.7. The van der Waals surface area contributed by atoms with Crippen LogP contribution >= 0.6 is 11.8 Å². The number of aromatic nitrogens is 1. The normalized spacial score (nSPS) is 14.9. The number of hydrogen-bond acceptors (Lipinski definition) is 5. The first-order valence-electron chi connectivity index (χ1n) is 9.89. The molecule has 29 heavy (non-hydrogen) atoms. The molecule has 0 N–H and O–H groups in total. The first-order valence-corrected chi connectivity index (χ1v) is 10.9. The summed E-state index contributed by atoms with van der Waals surface area (Å²) in [6.07, 6.45) is 0. The van der Waals surface area contributed by atoms with Crippen molar-refractivity contribution in [3.05, 3.63) is 72.1 Å². The van der Waals surface area contributed by atoms with Gasteiger partial charge in [-0.3, -0.25) is 9.69 Å². The Hall–Kier alpha value is -2.57. The molecule has 1 aliphatic rings. The van der Waals surface area contributed by atoms with Crippen LogP contribution in [0.25, 0.3) is 11.5 Å². The topological polar surface area (TPSA) is 49.6 Å². The number of carbonyl (C=O) groups excluding carboxylic acids is 1. The van der Waals surface area contributed by atoms with Gasteiger partial charge in [0.25, 0.3) is 0 Å². The second-order valence-corrected chi connectivity index (χ2v) is 8.20. The number of hydrogen-bond donors (Lipinski definition) is 0. The fourth-order valence-corrected chi connectivity index (χ4v) is 4.22. The van der Waals surface area contributed by atoms with E-state index in [2.05, 4.69) is 4.90 Å². The third-order valence-corrected chi connectivity index (χ3v) is 6.11. The van der Waals surface area contributed by atoms with E-state index in [-0.39, 0.29) is 5.91 Å². The molecule has 2 heterocycles. The standard InChI is InChI=1S/C23H25N3O2S/c1-18-21(24-23(28-18)19-8-4-2-5-9-19)16-25-12-14-26(15-13-25)22(27)17-29-20-10-6-3-7-11-20/h2-11H,12-17H2,1H3. The molecule has 1 aromatic heterocycles. The maximum absolute atomic E-state index is 12.5. The number of nitrogens with zero attached hydrogens (tertiary/aromatic N) is 3. The fraction of sp³-hybridized carbons (Fsp3) is 0.304. The van der Waals surface area contributed by atoms with Crippen LogP contribution in [0.1, 0.15) is 11.5 Å². The number of piperazine rings is 1. The Labute approximate surface area is 175 Å². The Balaban J connectivity index is 1.28. The Kier molecular flexibility index (Phi) is 6.32. The second-order valence-electron chi connectivity index (χ2n) is 7.15. The number of amides is 1. The molecule has 4 rings (SSSR count). The van der Waals surface area contributed by atoms with E-state index < -0.39 is 0 Å². The molecule has 0 spiro atoms. The van der Waals surface area contributed by atoms with Crippen molar-refractivity contribution in [2.24, 2.45) is 0 Å². The van der Waals surface area contributed by atoms with Gasteiger partial charge in [0.1, 0.15) is 5.76 Å². The third-order valence-electron chi connectivity index (χ3n) is 5.12. The lowest BCUT2D eigenvalue weighted by Crippen LogP contribution is -2.48. The summed E-state index contributed by atoms with van der Waals surface area (Å²) < 4.78 is 5.87. The summed E-state index contributed by atoms with van der Waals surface area (Å²) in [6, 6.07) is 20.0. The Morgan fingerprint density at radius 2 is 1.66 bits per heavy atom. The largest absolute Gasteiger partial charge is 0.441 e. The predicted molar refractivity (Wildman–Crippen MR) is 116 cm³/mol. The van der Waals surface area contributed by atoms with Crippen LogP contribution in [0.5, 0.6) is 0 Å². The van der Waals surface area contributed by atoms with Crippen molar-refractivity contribution >= 4 is 17.7 Å². The summed E-state index contributed by atoms with van der Waals surface area (Å²) in [5.41, 5.74) is 1.97. The van der Waals surface area contributed by atoms with Crippen LogP contribution < -0.4 is 0 Å². The van der Waals surface area contributed by atoms with Crippen molar-refractivity contribution in [2.45, 2.75) is 18.4 Å². The molecule has 1 fully saturated rings. The maximum Gasteiger partial charge on any atom is 0.233 e. The van der Waals surface area contributed by atoms with E-state index in [1.807, 2.05) is 72.5 Å². The van der Waals surface area contributed by atoms with Gasteiger partial charge in [-0.15, -0.1) is 11.8 Å². The molecule has 3 aromatic rings. The lowest BCUT2D eigenvalue weighted by Gasteiger charge is -2.34. The van der Waals surface area contributed by atoms with Crippen molar-refractivity contribution in [1.29, 1.82) is 0 Å². The van der Waals surface area contributed by atoms with Crippen LogP contribution in [0.2, 0.25) is 0 Å². The van der Waals surface area contributed by atoms with Gasteiger partial charge in [-0.1, -0.05) is 36.4 Å². The van der Waals surface area contributed by atoms with E-state index in [9.17, 15) is 4.79 Å². The highest BCUT2D eigenvalue weighted by atomic mass is 32.2. The highest BCUT2D eigenvalue weighted by Gasteiger charge is 2.23. The second kappa shape index (κ2) is 9.29. The van der Waals surface area contributed by atoms with Crippen molar-refractivity contribution < 1.29 is 9.21 Å². The molecule has 0 unspecified atom stereocenters. The Morgan fingerprint density at radius 3 is 2.34 bits per heavy atom. The fourth-order valence-electron chi connectivity index (χ4n) is 3.40. The highest BCUT2D eigenvalue weighted by Crippen LogP contribution is 2.23. The number of oxazole rings is 1. The number of carbonyl (C=O) groups is 1. The zero-order valence-electron chi connectivity index (χ0n) is 16.6. The smallest absolute Gasteiger partial charge is 0.233 e. The minimum atomic E-state index is 0.211.